The number of rotatable bonds is 2. The van der Waals surface area contributed by atoms with Gasteiger partial charge in [-0.15, -0.1) is 0 Å². The molecular formula is C10H10BrFO. The lowest BCUT2D eigenvalue weighted by Crippen LogP contribution is -2.09. The number of halogens is 2. The zero-order valence-electron chi connectivity index (χ0n) is 7.15. The number of ketones is 1. The van der Waals surface area contributed by atoms with Crippen molar-refractivity contribution in [2.45, 2.75) is 25.7 Å². The van der Waals surface area contributed by atoms with E-state index in [1.54, 1.807) is 0 Å². The summed E-state index contributed by atoms with van der Waals surface area (Å²) in [5, 5.41) is 0. The molecule has 0 saturated heterocycles. The molecule has 0 radical (unpaired) electrons. The van der Waals surface area contributed by atoms with Gasteiger partial charge < -0.3 is 0 Å². The molecule has 2 aliphatic rings. The fraction of sp³-hybridized carbons (Fsp3) is 0.500. The van der Waals surface area contributed by atoms with Crippen molar-refractivity contribution in [3.63, 3.8) is 0 Å². The molecule has 0 aliphatic heterocycles. The van der Waals surface area contributed by atoms with E-state index in [-0.39, 0.29) is 17.5 Å². The molecule has 0 unspecified atom stereocenters. The Morgan fingerprint density at radius 2 is 2.23 bits per heavy atom. The predicted molar refractivity (Wildman–Crippen MR) is 52.1 cm³/mol. The number of allylic oxidation sites excluding steroid dienone is 4. The molecule has 0 N–H and O–H groups in total. The third-order valence-electron chi connectivity index (χ3n) is 2.39. The zero-order chi connectivity index (χ0) is 9.42. The molecule has 0 spiro atoms. The van der Waals surface area contributed by atoms with E-state index in [1.807, 2.05) is 6.08 Å². The van der Waals surface area contributed by atoms with Gasteiger partial charge in [-0.2, -0.15) is 0 Å². The minimum Gasteiger partial charge on any atom is -0.294 e. The Morgan fingerprint density at radius 1 is 1.54 bits per heavy atom. The van der Waals surface area contributed by atoms with E-state index in [1.165, 1.54) is 0 Å². The van der Waals surface area contributed by atoms with Crippen LogP contribution in [0.5, 0.6) is 0 Å². The van der Waals surface area contributed by atoms with Gasteiger partial charge in [-0.25, -0.2) is 4.39 Å². The Balaban J connectivity index is 2.27. The van der Waals surface area contributed by atoms with Crippen molar-refractivity contribution in [2.24, 2.45) is 5.92 Å². The van der Waals surface area contributed by atoms with Crippen LogP contribution in [0.3, 0.4) is 0 Å². The highest BCUT2D eigenvalue weighted by molar-refractivity contribution is 9.12. The van der Waals surface area contributed by atoms with Gasteiger partial charge in [0.15, 0.2) is 5.78 Å². The third-order valence-corrected chi connectivity index (χ3v) is 3.11. The lowest BCUT2D eigenvalue weighted by atomic mass is 9.99. The lowest BCUT2D eigenvalue weighted by Gasteiger charge is -2.11. The first-order valence-electron chi connectivity index (χ1n) is 4.49. The van der Waals surface area contributed by atoms with E-state index in [4.69, 9.17) is 0 Å². The van der Waals surface area contributed by atoms with Crippen LogP contribution in [0.2, 0.25) is 0 Å². The highest BCUT2D eigenvalue weighted by Crippen LogP contribution is 2.39. The maximum atomic E-state index is 13.3. The molecule has 3 heteroatoms. The number of Topliss-reactive ketones (excluding diaryl/α,β-unsaturated/α-hetero) is 1. The average molecular weight is 245 g/mol. The molecule has 1 nitrogen and oxygen atoms in total. The standard InChI is InChI=1S/C10H10BrFO/c11-7-2-1-3-8(12)9(7)10(13)6-4-5-6/h2,6H,1,3-5H2. The largest absolute Gasteiger partial charge is 0.294 e. The molecule has 0 atom stereocenters. The predicted octanol–water partition coefficient (Wildman–Crippen LogP) is 3.26. The number of carbonyl (C=O) groups excluding carboxylic acids is 1. The Bertz CT molecular complexity index is 313. The van der Waals surface area contributed by atoms with Gasteiger partial charge in [-0.3, -0.25) is 4.79 Å². The van der Waals surface area contributed by atoms with Crippen LogP contribution in [-0.2, 0) is 4.79 Å². The molecule has 2 aliphatic carbocycles. The number of carbonyl (C=O) groups is 1. The second-order valence-corrected chi connectivity index (χ2v) is 4.36. The van der Waals surface area contributed by atoms with Crippen LogP contribution in [0.4, 0.5) is 4.39 Å². The van der Waals surface area contributed by atoms with Crippen molar-refractivity contribution in [3.05, 3.63) is 22.0 Å². The minimum absolute atomic E-state index is 0.0136. The first-order chi connectivity index (χ1) is 6.20. The molecule has 1 fully saturated rings. The minimum atomic E-state index is -0.244. The summed E-state index contributed by atoms with van der Waals surface area (Å²) in [5.41, 5.74) is 0.300. The number of hydrogen-bond donors (Lipinski definition) is 0. The maximum absolute atomic E-state index is 13.3. The van der Waals surface area contributed by atoms with Crippen molar-refractivity contribution in [1.82, 2.24) is 0 Å². The Hall–Kier alpha value is -0.440. The van der Waals surface area contributed by atoms with E-state index in [0.29, 0.717) is 22.9 Å². The van der Waals surface area contributed by atoms with Gasteiger partial charge in [0.1, 0.15) is 5.83 Å². The quantitative estimate of drug-likeness (QED) is 0.729. The van der Waals surface area contributed by atoms with Gasteiger partial charge in [0.25, 0.3) is 0 Å². The first-order valence-corrected chi connectivity index (χ1v) is 5.28. The molecule has 0 aromatic rings. The van der Waals surface area contributed by atoms with Crippen LogP contribution >= 0.6 is 15.9 Å². The van der Waals surface area contributed by atoms with Crippen LogP contribution in [0.1, 0.15) is 25.7 Å². The Labute approximate surface area is 84.8 Å². The van der Waals surface area contributed by atoms with Crippen molar-refractivity contribution in [3.8, 4) is 0 Å². The zero-order valence-corrected chi connectivity index (χ0v) is 8.73. The summed E-state index contributed by atoms with van der Waals surface area (Å²) < 4.78 is 14.0. The van der Waals surface area contributed by atoms with E-state index in [9.17, 15) is 9.18 Å². The van der Waals surface area contributed by atoms with Gasteiger partial charge >= 0.3 is 0 Å². The van der Waals surface area contributed by atoms with E-state index < -0.39 is 0 Å². The summed E-state index contributed by atoms with van der Waals surface area (Å²) in [5.74, 6) is -0.161. The summed E-state index contributed by atoms with van der Waals surface area (Å²) in [6.45, 7) is 0. The molecule has 0 amide bonds. The Morgan fingerprint density at radius 3 is 2.77 bits per heavy atom. The van der Waals surface area contributed by atoms with Crippen LogP contribution < -0.4 is 0 Å². The summed E-state index contributed by atoms with van der Waals surface area (Å²) in [7, 11) is 0. The van der Waals surface area contributed by atoms with E-state index in [0.717, 1.165) is 12.8 Å². The van der Waals surface area contributed by atoms with Gasteiger partial charge in [0.05, 0.1) is 5.57 Å². The topological polar surface area (TPSA) is 17.1 Å². The van der Waals surface area contributed by atoms with E-state index >= 15 is 0 Å². The molecule has 70 valence electrons. The second kappa shape index (κ2) is 3.37. The van der Waals surface area contributed by atoms with Crippen molar-refractivity contribution >= 4 is 21.7 Å². The fourth-order valence-electron chi connectivity index (χ4n) is 1.48. The van der Waals surface area contributed by atoms with Crippen LogP contribution in [0.25, 0.3) is 0 Å². The fourth-order valence-corrected chi connectivity index (χ4v) is 2.12. The molecular weight excluding hydrogens is 235 g/mol. The van der Waals surface area contributed by atoms with Gasteiger partial charge in [0, 0.05) is 16.8 Å². The summed E-state index contributed by atoms with van der Waals surface area (Å²) in [4.78, 5) is 11.6. The van der Waals surface area contributed by atoms with Crippen LogP contribution in [0, 0.1) is 5.92 Å². The van der Waals surface area contributed by atoms with Crippen LogP contribution in [0.15, 0.2) is 22.0 Å². The third kappa shape index (κ3) is 1.75. The average Bonchev–Trinajstić information content (AvgIpc) is 2.85. The normalized spacial score (nSPS) is 23.1. The molecule has 0 heterocycles. The molecule has 13 heavy (non-hydrogen) atoms. The summed E-state index contributed by atoms with van der Waals surface area (Å²) in [6.07, 6.45) is 4.79. The first kappa shape index (κ1) is 9.13. The molecule has 0 aromatic heterocycles. The van der Waals surface area contributed by atoms with E-state index in [2.05, 4.69) is 15.9 Å². The van der Waals surface area contributed by atoms with Crippen LogP contribution in [-0.4, -0.2) is 5.78 Å². The Kier molecular flexibility index (Phi) is 2.37. The molecule has 1 saturated carbocycles. The summed E-state index contributed by atoms with van der Waals surface area (Å²) in [6, 6.07) is 0. The van der Waals surface area contributed by atoms with Crippen molar-refractivity contribution in [1.29, 1.82) is 0 Å². The van der Waals surface area contributed by atoms with Gasteiger partial charge in [-0.05, 0) is 19.3 Å². The van der Waals surface area contributed by atoms with Gasteiger partial charge in [-0.1, -0.05) is 22.0 Å². The van der Waals surface area contributed by atoms with Crippen molar-refractivity contribution < 1.29 is 9.18 Å². The van der Waals surface area contributed by atoms with Crippen molar-refractivity contribution in [2.75, 3.05) is 0 Å². The molecule has 0 aromatic carbocycles. The highest BCUT2D eigenvalue weighted by Gasteiger charge is 2.34. The molecule has 2 rings (SSSR count). The lowest BCUT2D eigenvalue weighted by molar-refractivity contribution is -0.116. The second-order valence-electron chi connectivity index (χ2n) is 3.51. The SMILES string of the molecule is O=C(C1=C(F)CCC=C1Br)C1CC1. The monoisotopic (exact) mass is 244 g/mol. The van der Waals surface area contributed by atoms with Gasteiger partial charge in [0.2, 0.25) is 0 Å². The maximum Gasteiger partial charge on any atom is 0.169 e. The number of hydrogen-bond acceptors (Lipinski definition) is 1. The molecule has 0 bridgehead atoms. The summed E-state index contributed by atoms with van der Waals surface area (Å²) >= 11 is 3.23. The highest BCUT2D eigenvalue weighted by atomic mass is 79.9. The smallest absolute Gasteiger partial charge is 0.169 e.